The topological polar surface area (TPSA) is 399 Å². The molecule has 0 aliphatic carbocycles. The van der Waals surface area contributed by atoms with E-state index >= 15 is 0 Å². The number of aromatic nitrogens is 3. The van der Waals surface area contributed by atoms with Gasteiger partial charge in [-0.05, 0) is 42.9 Å². The zero-order valence-corrected chi connectivity index (χ0v) is 42.2. The summed E-state index contributed by atoms with van der Waals surface area (Å²) >= 11 is 0. The van der Waals surface area contributed by atoms with Crippen LogP contribution in [-0.4, -0.2) is 123 Å². The van der Waals surface area contributed by atoms with Crippen LogP contribution in [0.15, 0.2) is 78.3 Å². The number of unbranched alkanes of at least 4 members (excludes halogenated alkanes) is 1. The van der Waals surface area contributed by atoms with E-state index in [-0.39, 0.29) is 88.7 Å². The first-order valence-electron chi connectivity index (χ1n) is 23.2. The number of aromatic amines is 2. The number of carbonyl (C=O) groups is 9. The van der Waals surface area contributed by atoms with Crippen molar-refractivity contribution in [3.8, 4) is 0 Å². The lowest BCUT2D eigenvalue weighted by Gasteiger charge is -2.28. The second kappa shape index (κ2) is 31.6. The monoisotopic (exact) mass is 1060 g/mol. The number of benzene rings is 2. The molecule has 0 spiro atoms. The van der Waals surface area contributed by atoms with Crippen LogP contribution in [0.5, 0.6) is 0 Å². The second-order valence-corrected chi connectivity index (χ2v) is 16.9. The van der Waals surface area contributed by atoms with Crippen LogP contribution in [0.1, 0.15) is 75.6 Å². The van der Waals surface area contributed by atoms with Crippen LogP contribution in [-0.2, 0) is 62.4 Å². The predicted octanol–water partition coefficient (Wildman–Crippen LogP) is -1.20. The molecule has 0 unspecified atom stereocenters. The Morgan fingerprint density at radius 1 is 0.603 bits per heavy atom. The summed E-state index contributed by atoms with van der Waals surface area (Å²) in [7, 11) is 0. The summed E-state index contributed by atoms with van der Waals surface area (Å²) < 4.78 is 0. The van der Waals surface area contributed by atoms with Gasteiger partial charge in [-0.1, -0.05) is 68.3 Å². The molecule has 398 valence electrons. The molecule has 2 aromatic carbocycles. The summed E-state index contributed by atoms with van der Waals surface area (Å²) in [5.74, 6) is -7.04. The highest BCUT2D eigenvalue weighted by Gasteiger charge is 2.34. The Labute approximate surface area is 434 Å². The van der Waals surface area contributed by atoms with Crippen molar-refractivity contribution < 1.29 is 43.2 Å². The molecule has 0 saturated heterocycles. The maximum Gasteiger partial charge on any atom is 0.243 e. The highest BCUT2D eigenvalue weighted by Crippen LogP contribution is 2.20. The summed E-state index contributed by atoms with van der Waals surface area (Å²) in [5, 5.41) is 19.2. The average Bonchev–Trinajstić information content (AvgIpc) is 4.01. The van der Waals surface area contributed by atoms with E-state index in [4.69, 9.17) is 22.9 Å². The molecule has 0 aliphatic heterocycles. The van der Waals surface area contributed by atoms with Crippen molar-refractivity contribution in [3.05, 3.63) is 90.1 Å². The molecule has 26 heteroatoms. The number of nitrogens with zero attached hydrogens (tertiary/aromatic N) is 2. The molecule has 73 heavy (non-hydrogen) atoms. The van der Waals surface area contributed by atoms with Crippen molar-refractivity contribution in [2.45, 2.75) is 114 Å². The van der Waals surface area contributed by atoms with Crippen molar-refractivity contribution in [2.24, 2.45) is 27.9 Å². The van der Waals surface area contributed by atoms with Crippen LogP contribution in [0.2, 0.25) is 0 Å². The Hall–Kier alpha value is -7.73. The fraction of sp³-hybridized carbons (Fsp3) is 0.426. The summed E-state index contributed by atoms with van der Waals surface area (Å²) in [4.78, 5) is 134. The summed E-state index contributed by atoms with van der Waals surface area (Å²) in [5.41, 5.74) is 24.3. The largest absolute Gasteiger partial charge is 0.370 e. The quantitative estimate of drug-likeness (QED) is 0.0167. The number of halogens is 2. The van der Waals surface area contributed by atoms with E-state index in [2.05, 4.69) is 57.2 Å². The second-order valence-electron chi connectivity index (χ2n) is 16.9. The zero-order valence-electron chi connectivity index (χ0n) is 40.6. The lowest BCUT2D eigenvalue weighted by Crippen LogP contribution is -2.60. The lowest BCUT2D eigenvalue weighted by atomic mass is 10.0. The lowest BCUT2D eigenvalue weighted by molar-refractivity contribution is -0.135. The molecule has 6 atom stereocenters. The van der Waals surface area contributed by atoms with Crippen molar-refractivity contribution in [1.29, 1.82) is 0 Å². The number of para-hydroxylation sites is 1. The molecule has 4 rings (SSSR count). The molecule has 2 heterocycles. The fourth-order valence-electron chi connectivity index (χ4n) is 7.52. The van der Waals surface area contributed by atoms with Gasteiger partial charge in [-0.3, -0.25) is 48.1 Å². The molecule has 17 N–H and O–H groups in total. The molecular weight excluding hydrogens is 990 g/mol. The number of nitrogens with two attached hydrogens (primary N) is 4. The van der Waals surface area contributed by atoms with Gasteiger partial charge in [0, 0.05) is 68.1 Å². The summed E-state index contributed by atoms with van der Waals surface area (Å²) in [6.07, 6.45) is 5.22. The van der Waals surface area contributed by atoms with Crippen molar-refractivity contribution in [3.63, 3.8) is 0 Å². The Morgan fingerprint density at radius 2 is 1.14 bits per heavy atom. The third-order valence-corrected chi connectivity index (χ3v) is 11.1. The number of aliphatic imine (C=N–C) groups is 1. The van der Waals surface area contributed by atoms with Gasteiger partial charge in [0.1, 0.15) is 36.3 Å². The highest BCUT2D eigenvalue weighted by molar-refractivity contribution is 5.98. The third-order valence-electron chi connectivity index (χ3n) is 11.1. The molecule has 0 radical (unpaired) electrons. The van der Waals surface area contributed by atoms with Crippen molar-refractivity contribution >= 4 is 94.8 Å². The molecule has 0 fully saturated rings. The summed E-state index contributed by atoms with van der Waals surface area (Å²) in [6.45, 7) is 2.70. The molecule has 9 amide bonds. The number of rotatable bonds is 30. The van der Waals surface area contributed by atoms with Gasteiger partial charge >= 0.3 is 0 Å². The standard InChI is InChI=1S/C47H65N15O9.2ClH/c1-3-4-14-33(57-27(2)63)42(67)59-35(17-18-39(48)64)44(69)62-38(22-30-24-52-26-56-30)46(71)60-36(20-28-11-6-5-7-12-28)45(70)58-34(16-10-19-53-47(50)51)43(68)61-37(41(66)55-25-40(49)65)21-29-23-54-32-15-9-8-13-31(29)32;;/h5-9,11-13,15,23-24,26,33-38,54H,3-4,10,14,16-22,25H2,1-2H3,(H2,48,64)(H2,49,65)(H,52,56)(H,55,66)(H,57,63)(H,58,70)(H,59,67)(H,60,71)(H,61,68)(H,62,69)(H4,50,51,53);2*1H/t33-,34-,35-,36+,37+,38-;;/m0../s1. The maximum absolute atomic E-state index is 14.6. The van der Waals surface area contributed by atoms with Crippen LogP contribution < -0.4 is 60.2 Å². The normalized spacial score (nSPS) is 13.1. The number of amides is 9. The van der Waals surface area contributed by atoms with Crippen molar-refractivity contribution in [2.75, 3.05) is 13.1 Å². The number of fused-ring (bicyclic) bond motifs is 1. The molecule has 0 aliphatic rings. The number of hydrogen-bond acceptors (Lipinski definition) is 11. The van der Waals surface area contributed by atoms with Crippen LogP contribution >= 0.6 is 24.8 Å². The van der Waals surface area contributed by atoms with Crippen LogP contribution in [0, 0.1) is 0 Å². The maximum atomic E-state index is 14.6. The Balaban J connectivity index is 0.00000913. The number of primary amides is 2. The van der Waals surface area contributed by atoms with Gasteiger partial charge in [0.05, 0.1) is 12.9 Å². The van der Waals surface area contributed by atoms with Crippen LogP contribution in [0.25, 0.3) is 10.9 Å². The van der Waals surface area contributed by atoms with E-state index < -0.39 is 96.0 Å². The van der Waals surface area contributed by atoms with Gasteiger partial charge < -0.3 is 70.1 Å². The zero-order chi connectivity index (χ0) is 51.9. The minimum atomic E-state index is -1.43. The van der Waals surface area contributed by atoms with Gasteiger partial charge in [-0.25, -0.2) is 4.98 Å². The number of guanidine groups is 1. The van der Waals surface area contributed by atoms with Crippen LogP contribution in [0.3, 0.4) is 0 Å². The Morgan fingerprint density at radius 3 is 1.70 bits per heavy atom. The van der Waals surface area contributed by atoms with Gasteiger partial charge in [-0.15, -0.1) is 24.8 Å². The third kappa shape index (κ3) is 21.3. The van der Waals surface area contributed by atoms with E-state index in [0.717, 1.165) is 10.9 Å². The van der Waals surface area contributed by atoms with E-state index in [9.17, 15) is 43.2 Å². The Bertz CT molecular complexity index is 2490. The fourth-order valence-corrected chi connectivity index (χ4v) is 7.52. The first kappa shape index (κ1) is 61.4. The van der Waals surface area contributed by atoms with E-state index in [0.29, 0.717) is 29.7 Å². The number of imidazole rings is 1. The SMILES string of the molecule is CCCC[C@H](NC(C)=O)C(=O)N[C@@H](CCC(N)=O)C(=O)N[C@@H](Cc1cnc[nH]1)C(=O)N[C@H](Cc1ccccc1)C(=O)N[C@@H](CCCN=C(N)N)C(=O)N[C@H](Cc1c[nH]c2ccccc12)C(=O)NCC(N)=O.Cl.Cl. The average molecular weight is 1060 g/mol. The van der Waals surface area contributed by atoms with E-state index in [1.165, 1.54) is 19.4 Å². The van der Waals surface area contributed by atoms with Gasteiger partial charge in [-0.2, -0.15) is 0 Å². The first-order chi connectivity index (χ1) is 33.9. The van der Waals surface area contributed by atoms with Gasteiger partial charge in [0.2, 0.25) is 53.2 Å². The van der Waals surface area contributed by atoms with E-state index in [1.807, 2.05) is 31.2 Å². The molecule has 2 aromatic heterocycles. The molecular formula is C47H67Cl2N15O9. The molecule has 24 nitrogen and oxygen atoms in total. The number of carbonyl (C=O) groups excluding carboxylic acids is 9. The van der Waals surface area contributed by atoms with Crippen molar-refractivity contribution in [1.82, 2.24) is 52.2 Å². The number of H-pyrrole nitrogens is 2. The first-order valence-corrected chi connectivity index (χ1v) is 23.2. The van der Waals surface area contributed by atoms with Gasteiger partial charge in [0.25, 0.3) is 0 Å². The minimum Gasteiger partial charge on any atom is -0.370 e. The molecule has 0 bridgehead atoms. The minimum absolute atomic E-state index is 0. The number of nitrogens with one attached hydrogen (secondary N) is 9. The molecule has 0 saturated carbocycles. The Kier molecular flexibility index (Phi) is 26.6. The van der Waals surface area contributed by atoms with Crippen LogP contribution in [0.4, 0.5) is 0 Å². The highest BCUT2D eigenvalue weighted by atomic mass is 35.5. The summed E-state index contributed by atoms with van der Waals surface area (Å²) in [6, 6.07) is 8.10. The smallest absolute Gasteiger partial charge is 0.243 e. The van der Waals surface area contributed by atoms with Gasteiger partial charge in [0.15, 0.2) is 5.96 Å². The van der Waals surface area contributed by atoms with E-state index in [1.54, 1.807) is 36.5 Å². The predicted molar refractivity (Wildman–Crippen MR) is 276 cm³/mol. The number of hydrogen-bond donors (Lipinski definition) is 13. The molecule has 4 aromatic rings.